The van der Waals surface area contributed by atoms with Gasteiger partial charge in [-0.2, -0.15) is 0 Å². The summed E-state index contributed by atoms with van der Waals surface area (Å²) < 4.78 is 11.2. The van der Waals surface area contributed by atoms with E-state index < -0.39 is 0 Å². The van der Waals surface area contributed by atoms with Gasteiger partial charge in [-0.15, -0.1) is 10.2 Å². The summed E-state index contributed by atoms with van der Waals surface area (Å²) in [6.07, 6.45) is 7.35. The van der Waals surface area contributed by atoms with E-state index in [0.717, 1.165) is 29.7 Å². The molecule has 0 unspecified atom stereocenters. The Balaban J connectivity index is 1.64. The SMILES string of the molecule is COC1=CC(c2nnc(-c3nc(-c4ccc(C(=O)N(C)C)cc4)cnc3C)o2)=CCC1. The van der Waals surface area contributed by atoms with E-state index >= 15 is 0 Å². The summed E-state index contributed by atoms with van der Waals surface area (Å²) in [5.41, 5.74) is 4.15. The molecule has 0 radical (unpaired) electrons. The Morgan fingerprint density at radius 2 is 1.87 bits per heavy atom. The number of benzene rings is 1. The van der Waals surface area contributed by atoms with Gasteiger partial charge in [0.15, 0.2) is 0 Å². The van der Waals surface area contributed by atoms with Crippen molar-refractivity contribution in [3.63, 3.8) is 0 Å². The standard InChI is InChI=1S/C23H23N5O3/c1-14-20(22-27-26-21(31-22)17-6-5-7-18(12-17)30-4)25-19(13-24-14)15-8-10-16(11-9-15)23(29)28(2)3/h6,8-13H,5,7H2,1-4H3. The second-order valence-electron chi connectivity index (χ2n) is 7.39. The second kappa shape index (κ2) is 8.51. The molecule has 31 heavy (non-hydrogen) atoms. The summed E-state index contributed by atoms with van der Waals surface area (Å²) in [6.45, 7) is 1.84. The average Bonchev–Trinajstić information content (AvgIpc) is 3.29. The number of carbonyl (C=O) groups is 1. The van der Waals surface area contributed by atoms with Gasteiger partial charge in [-0.3, -0.25) is 9.78 Å². The maximum atomic E-state index is 12.1. The summed E-state index contributed by atoms with van der Waals surface area (Å²) >= 11 is 0. The number of aryl methyl sites for hydroxylation is 1. The maximum absolute atomic E-state index is 12.1. The van der Waals surface area contributed by atoms with Gasteiger partial charge >= 0.3 is 0 Å². The molecule has 158 valence electrons. The van der Waals surface area contributed by atoms with Gasteiger partial charge in [-0.05, 0) is 31.6 Å². The topological polar surface area (TPSA) is 94.2 Å². The molecule has 0 saturated carbocycles. The van der Waals surface area contributed by atoms with Crippen molar-refractivity contribution in [1.29, 1.82) is 0 Å². The first-order valence-electron chi connectivity index (χ1n) is 9.91. The molecule has 0 N–H and O–H groups in total. The molecular weight excluding hydrogens is 394 g/mol. The van der Waals surface area contributed by atoms with Crippen LogP contribution in [-0.4, -0.2) is 52.2 Å². The number of methoxy groups -OCH3 is 1. The zero-order valence-electron chi connectivity index (χ0n) is 17.9. The molecule has 0 atom stereocenters. The Labute approximate surface area is 180 Å². The first kappa shape index (κ1) is 20.5. The van der Waals surface area contributed by atoms with Crippen molar-refractivity contribution in [3.05, 3.63) is 65.5 Å². The molecule has 8 nitrogen and oxygen atoms in total. The van der Waals surface area contributed by atoms with Crippen molar-refractivity contribution in [1.82, 2.24) is 25.1 Å². The predicted molar refractivity (Wildman–Crippen MR) is 116 cm³/mol. The third-order valence-corrected chi connectivity index (χ3v) is 5.00. The number of ether oxygens (including phenoxy) is 1. The van der Waals surface area contributed by atoms with E-state index in [0.29, 0.717) is 34.4 Å². The van der Waals surface area contributed by atoms with E-state index in [1.54, 1.807) is 44.4 Å². The van der Waals surface area contributed by atoms with Crippen molar-refractivity contribution in [2.45, 2.75) is 19.8 Å². The van der Waals surface area contributed by atoms with Crippen LogP contribution in [0.2, 0.25) is 0 Å². The highest BCUT2D eigenvalue weighted by molar-refractivity contribution is 5.94. The molecule has 0 aliphatic heterocycles. The third kappa shape index (κ3) is 4.23. The fraction of sp³-hybridized carbons (Fsp3) is 0.261. The molecule has 1 aliphatic carbocycles. The molecule has 0 fully saturated rings. The fourth-order valence-corrected chi connectivity index (χ4v) is 3.25. The van der Waals surface area contributed by atoms with Crippen LogP contribution in [0.15, 0.2) is 52.8 Å². The Bertz CT molecular complexity index is 1180. The zero-order chi connectivity index (χ0) is 22.0. The smallest absolute Gasteiger partial charge is 0.268 e. The maximum Gasteiger partial charge on any atom is 0.268 e. The highest BCUT2D eigenvalue weighted by atomic mass is 16.5. The van der Waals surface area contributed by atoms with E-state index in [4.69, 9.17) is 14.1 Å². The minimum Gasteiger partial charge on any atom is -0.501 e. The first-order valence-corrected chi connectivity index (χ1v) is 9.91. The average molecular weight is 417 g/mol. The van der Waals surface area contributed by atoms with Crippen LogP contribution < -0.4 is 0 Å². The second-order valence-corrected chi connectivity index (χ2v) is 7.39. The Morgan fingerprint density at radius 1 is 1.13 bits per heavy atom. The molecule has 0 bridgehead atoms. The Kier molecular flexibility index (Phi) is 5.62. The number of nitrogens with zero attached hydrogens (tertiary/aromatic N) is 5. The molecule has 8 heteroatoms. The predicted octanol–water partition coefficient (Wildman–Crippen LogP) is 3.91. The molecule has 2 heterocycles. The quantitative estimate of drug-likeness (QED) is 0.621. The summed E-state index contributed by atoms with van der Waals surface area (Å²) in [6, 6.07) is 7.25. The van der Waals surface area contributed by atoms with Crippen LogP contribution in [0.5, 0.6) is 0 Å². The van der Waals surface area contributed by atoms with E-state index in [-0.39, 0.29) is 5.91 Å². The summed E-state index contributed by atoms with van der Waals surface area (Å²) in [7, 11) is 5.10. The van der Waals surface area contributed by atoms with Crippen LogP contribution in [0, 0.1) is 6.92 Å². The van der Waals surface area contributed by atoms with Gasteiger partial charge < -0.3 is 14.1 Å². The molecule has 1 aromatic carbocycles. The van der Waals surface area contributed by atoms with Gasteiger partial charge in [0.25, 0.3) is 11.8 Å². The van der Waals surface area contributed by atoms with Crippen molar-refractivity contribution < 1.29 is 13.9 Å². The minimum atomic E-state index is -0.0525. The van der Waals surface area contributed by atoms with Crippen molar-refractivity contribution >= 4 is 11.5 Å². The number of carbonyl (C=O) groups excluding carboxylic acids is 1. The highest BCUT2D eigenvalue weighted by Gasteiger charge is 2.18. The Morgan fingerprint density at radius 3 is 2.58 bits per heavy atom. The lowest BCUT2D eigenvalue weighted by Crippen LogP contribution is -2.21. The van der Waals surface area contributed by atoms with Gasteiger partial charge in [0.1, 0.15) is 5.69 Å². The number of hydrogen-bond donors (Lipinski definition) is 0. The fourth-order valence-electron chi connectivity index (χ4n) is 3.25. The van der Waals surface area contributed by atoms with Crippen LogP contribution >= 0.6 is 0 Å². The molecule has 4 rings (SSSR count). The van der Waals surface area contributed by atoms with Crippen LogP contribution in [0.1, 0.15) is 34.8 Å². The van der Waals surface area contributed by atoms with Gasteiger partial charge in [-0.1, -0.05) is 18.2 Å². The van der Waals surface area contributed by atoms with Gasteiger partial charge in [0, 0.05) is 37.2 Å². The zero-order valence-corrected chi connectivity index (χ0v) is 17.9. The molecule has 1 amide bonds. The van der Waals surface area contributed by atoms with Crippen LogP contribution in [0.3, 0.4) is 0 Å². The van der Waals surface area contributed by atoms with Crippen molar-refractivity contribution in [3.8, 4) is 22.8 Å². The van der Waals surface area contributed by atoms with Gasteiger partial charge in [0.05, 0.1) is 30.5 Å². The monoisotopic (exact) mass is 417 g/mol. The van der Waals surface area contributed by atoms with Crippen LogP contribution in [-0.2, 0) is 4.74 Å². The number of allylic oxidation sites excluding steroid dienone is 4. The normalized spacial score (nSPS) is 13.4. The van der Waals surface area contributed by atoms with E-state index in [2.05, 4.69) is 15.2 Å². The molecule has 0 spiro atoms. The molecule has 2 aromatic heterocycles. The molecule has 1 aliphatic rings. The van der Waals surface area contributed by atoms with E-state index in [1.807, 2.05) is 31.2 Å². The molecular formula is C23H23N5O3. The van der Waals surface area contributed by atoms with Crippen molar-refractivity contribution in [2.75, 3.05) is 21.2 Å². The third-order valence-electron chi connectivity index (χ3n) is 5.00. The number of amides is 1. The molecule has 3 aromatic rings. The minimum absolute atomic E-state index is 0.0525. The molecule has 0 saturated heterocycles. The Hall–Kier alpha value is -3.81. The van der Waals surface area contributed by atoms with Crippen LogP contribution in [0.4, 0.5) is 0 Å². The summed E-state index contributed by atoms with van der Waals surface area (Å²) in [5.74, 6) is 1.55. The lowest BCUT2D eigenvalue weighted by molar-refractivity contribution is 0.0827. The summed E-state index contributed by atoms with van der Waals surface area (Å²) in [4.78, 5) is 22.8. The highest BCUT2D eigenvalue weighted by Crippen LogP contribution is 2.28. The first-order chi connectivity index (χ1) is 15.0. The van der Waals surface area contributed by atoms with Gasteiger partial charge in [-0.25, -0.2) is 4.98 Å². The van der Waals surface area contributed by atoms with E-state index in [1.165, 1.54) is 0 Å². The van der Waals surface area contributed by atoms with E-state index in [9.17, 15) is 4.79 Å². The van der Waals surface area contributed by atoms with Crippen molar-refractivity contribution in [2.24, 2.45) is 0 Å². The lowest BCUT2D eigenvalue weighted by atomic mass is 10.1. The number of aromatic nitrogens is 4. The lowest BCUT2D eigenvalue weighted by Gasteiger charge is -2.11. The number of hydrogen-bond acceptors (Lipinski definition) is 7. The number of rotatable bonds is 5. The summed E-state index contributed by atoms with van der Waals surface area (Å²) in [5, 5.41) is 8.37. The largest absolute Gasteiger partial charge is 0.501 e. The van der Waals surface area contributed by atoms with Gasteiger partial charge in [0.2, 0.25) is 5.89 Å². The van der Waals surface area contributed by atoms with Crippen LogP contribution in [0.25, 0.3) is 28.4 Å².